The number of anilines is 1. The molecular formula is C24H37N5OS. The molecule has 1 atom stereocenters. The number of carbonyl (C=O) groups is 1. The van der Waals surface area contributed by atoms with Crippen LogP contribution in [0.4, 0.5) is 5.82 Å². The van der Waals surface area contributed by atoms with Gasteiger partial charge in [-0.25, -0.2) is 9.97 Å². The second-order valence-electron chi connectivity index (χ2n) is 10.6. The van der Waals surface area contributed by atoms with Crippen LogP contribution in [0.2, 0.25) is 0 Å². The highest BCUT2D eigenvalue weighted by Gasteiger charge is 2.30. The zero-order valence-electron chi connectivity index (χ0n) is 19.7. The molecule has 1 aliphatic carbocycles. The van der Waals surface area contributed by atoms with Gasteiger partial charge in [0.25, 0.3) is 0 Å². The van der Waals surface area contributed by atoms with E-state index in [2.05, 4.69) is 55.0 Å². The minimum atomic E-state index is 0.0714. The van der Waals surface area contributed by atoms with Gasteiger partial charge < -0.3 is 15.1 Å². The Balaban J connectivity index is 1.40. The number of hydrogen-bond acceptors (Lipinski definition) is 6. The van der Waals surface area contributed by atoms with E-state index >= 15 is 0 Å². The Morgan fingerprint density at radius 1 is 1.26 bits per heavy atom. The highest BCUT2D eigenvalue weighted by Crippen LogP contribution is 2.41. The predicted octanol–water partition coefficient (Wildman–Crippen LogP) is 3.74. The molecule has 1 fully saturated rings. The average molecular weight is 444 g/mol. The molecule has 0 saturated carbocycles. The normalized spacial score (nSPS) is 20.3. The highest BCUT2D eigenvalue weighted by atomic mass is 32.1. The van der Waals surface area contributed by atoms with Gasteiger partial charge >= 0.3 is 0 Å². The fraction of sp³-hybridized carbons (Fsp3) is 0.708. The SMILES string of the molecule is C[C@@H]1CCc2c(sc3ncnc(N4CCC(C(=O)NCC(C)(C)CN(C)C)CC4)c23)C1. The molecule has 0 spiro atoms. The second kappa shape index (κ2) is 9.02. The molecule has 170 valence electrons. The predicted molar refractivity (Wildman–Crippen MR) is 129 cm³/mol. The van der Waals surface area contributed by atoms with Gasteiger partial charge in [0, 0.05) is 37.0 Å². The zero-order chi connectivity index (χ0) is 22.2. The number of thiophene rings is 1. The number of fused-ring (bicyclic) bond motifs is 3. The number of carbonyl (C=O) groups excluding carboxylic acids is 1. The van der Waals surface area contributed by atoms with Gasteiger partial charge in [-0.05, 0) is 63.1 Å². The van der Waals surface area contributed by atoms with E-state index in [1.807, 2.05) is 11.3 Å². The van der Waals surface area contributed by atoms with Crippen molar-refractivity contribution < 1.29 is 4.79 Å². The Labute approximate surface area is 190 Å². The lowest BCUT2D eigenvalue weighted by Crippen LogP contribution is -2.45. The molecule has 1 aliphatic heterocycles. The minimum absolute atomic E-state index is 0.0714. The van der Waals surface area contributed by atoms with Crippen molar-refractivity contribution in [3.8, 4) is 0 Å². The number of aromatic nitrogens is 2. The Morgan fingerprint density at radius 2 is 2.00 bits per heavy atom. The third-order valence-corrected chi connectivity index (χ3v) is 7.88. The molecule has 1 saturated heterocycles. The maximum atomic E-state index is 12.8. The molecule has 7 heteroatoms. The zero-order valence-corrected chi connectivity index (χ0v) is 20.5. The van der Waals surface area contributed by atoms with Crippen molar-refractivity contribution in [3.63, 3.8) is 0 Å². The van der Waals surface area contributed by atoms with Crippen molar-refractivity contribution in [2.45, 2.75) is 52.9 Å². The molecule has 4 rings (SSSR count). The first kappa shape index (κ1) is 22.5. The Morgan fingerprint density at radius 3 is 2.71 bits per heavy atom. The monoisotopic (exact) mass is 443 g/mol. The lowest BCUT2D eigenvalue weighted by atomic mass is 9.89. The van der Waals surface area contributed by atoms with Crippen LogP contribution in [0.5, 0.6) is 0 Å². The van der Waals surface area contributed by atoms with Gasteiger partial charge in [0.15, 0.2) is 0 Å². The first-order valence-electron chi connectivity index (χ1n) is 11.7. The molecule has 0 aromatic carbocycles. The summed E-state index contributed by atoms with van der Waals surface area (Å²) in [7, 11) is 4.16. The summed E-state index contributed by atoms with van der Waals surface area (Å²) in [6, 6.07) is 0. The van der Waals surface area contributed by atoms with Gasteiger partial charge in [0.1, 0.15) is 17.0 Å². The summed E-state index contributed by atoms with van der Waals surface area (Å²) in [5.41, 5.74) is 1.55. The molecule has 31 heavy (non-hydrogen) atoms. The topological polar surface area (TPSA) is 61.4 Å². The summed E-state index contributed by atoms with van der Waals surface area (Å²) >= 11 is 1.85. The lowest BCUT2D eigenvalue weighted by Gasteiger charge is -2.34. The lowest BCUT2D eigenvalue weighted by molar-refractivity contribution is -0.126. The molecule has 6 nitrogen and oxygen atoms in total. The molecule has 2 aliphatic rings. The van der Waals surface area contributed by atoms with Crippen molar-refractivity contribution in [3.05, 3.63) is 16.8 Å². The van der Waals surface area contributed by atoms with E-state index in [1.165, 1.54) is 28.7 Å². The number of nitrogens with zero attached hydrogens (tertiary/aromatic N) is 4. The van der Waals surface area contributed by atoms with Crippen LogP contribution >= 0.6 is 11.3 Å². The van der Waals surface area contributed by atoms with Gasteiger partial charge in [0.2, 0.25) is 5.91 Å². The van der Waals surface area contributed by atoms with Crippen molar-refractivity contribution in [2.75, 3.05) is 45.2 Å². The molecule has 1 amide bonds. The largest absolute Gasteiger partial charge is 0.356 e. The van der Waals surface area contributed by atoms with E-state index < -0.39 is 0 Å². The summed E-state index contributed by atoms with van der Waals surface area (Å²) in [6.07, 6.45) is 7.04. The molecule has 0 unspecified atom stereocenters. The summed E-state index contributed by atoms with van der Waals surface area (Å²) in [6.45, 7) is 10.2. The van der Waals surface area contributed by atoms with E-state index in [9.17, 15) is 4.79 Å². The van der Waals surface area contributed by atoms with Crippen molar-refractivity contribution in [1.29, 1.82) is 0 Å². The first-order valence-corrected chi connectivity index (χ1v) is 12.5. The summed E-state index contributed by atoms with van der Waals surface area (Å²) in [4.78, 5) is 29.3. The van der Waals surface area contributed by atoms with Gasteiger partial charge in [-0.1, -0.05) is 20.8 Å². The van der Waals surface area contributed by atoms with Crippen LogP contribution in [0.3, 0.4) is 0 Å². The number of amides is 1. The van der Waals surface area contributed by atoms with E-state index in [0.717, 1.165) is 62.0 Å². The van der Waals surface area contributed by atoms with Crippen LogP contribution in [0, 0.1) is 17.3 Å². The van der Waals surface area contributed by atoms with Crippen LogP contribution < -0.4 is 10.2 Å². The van der Waals surface area contributed by atoms with Gasteiger partial charge in [-0.3, -0.25) is 4.79 Å². The molecular weight excluding hydrogens is 406 g/mol. The van der Waals surface area contributed by atoms with E-state index in [0.29, 0.717) is 0 Å². The number of aryl methyl sites for hydroxylation is 1. The number of hydrogen-bond donors (Lipinski definition) is 1. The summed E-state index contributed by atoms with van der Waals surface area (Å²) in [5, 5.41) is 4.50. The quantitative estimate of drug-likeness (QED) is 0.737. The minimum Gasteiger partial charge on any atom is -0.356 e. The van der Waals surface area contributed by atoms with Crippen LogP contribution in [0.15, 0.2) is 6.33 Å². The number of nitrogens with one attached hydrogen (secondary N) is 1. The molecule has 3 heterocycles. The summed E-state index contributed by atoms with van der Waals surface area (Å²) in [5.74, 6) is 2.15. The van der Waals surface area contributed by atoms with Crippen LogP contribution in [-0.4, -0.2) is 61.0 Å². The van der Waals surface area contributed by atoms with Crippen LogP contribution in [0.25, 0.3) is 10.2 Å². The van der Waals surface area contributed by atoms with Crippen molar-refractivity contribution >= 4 is 33.3 Å². The maximum Gasteiger partial charge on any atom is 0.223 e. The standard InChI is InChI=1S/C24H37N5OS/c1-16-6-7-18-19(12-16)31-23-20(18)21(26-15-27-23)29-10-8-17(9-11-29)22(30)25-13-24(2,3)14-28(4)5/h15-17H,6-14H2,1-5H3,(H,25,30)/t16-/m1/s1. The summed E-state index contributed by atoms with van der Waals surface area (Å²) < 4.78 is 0. The molecule has 2 aromatic rings. The highest BCUT2D eigenvalue weighted by molar-refractivity contribution is 7.19. The fourth-order valence-electron chi connectivity index (χ4n) is 5.23. The third-order valence-electron chi connectivity index (χ3n) is 6.72. The van der Waals surface area contributed by atoms with E-state index in [-0.39, 0.29) is 17.2 Å². The van der Waals surface area contributed by atoms with E-state index in [4.69, 9.17) is 4.98 Å². The Hall–Kier alpha value is -1.73. The van der Waals surface area contributed by atoms with Gasteiger partial charge in [-0.15, -0.1) is 11.3 Å². The first-order chi connectivity index (χ1) is 14.7. The Bertz CT molecular complexity index is 929. The molecule has 0 bridgehead atoms. The average Bonchev–Trinajstić information content (AvgIpc) is 3.09. The fourth-order valence-corrected chi connectivity index (χ4v) is 6.58. The Kier molecular flexibility index (Phi) is 6.54. The molecule has 0 radical (unpaired) electrons. The van der Waals surface area contributed by atoms with E-state index in [1.54, 1.807) is 6.33 Å². The smallest absolute Gasteiger partial charge is 0.223 e. The maximum absolute atomic E-state index is 12.8. The van der Waals surface area contributed by atoms with Gasteiger partial charge in [0.05, 0.1) is 5.39 Å². The number of piperidine rings is 1. The van der Waals surface area contributed by atoms with Crippen molar-refractivity contribution in [2.24, 2.45) is 17.3 Å². The van der Waals surface area contributed by atoms with Crippen LogP contribution in [0.1, 0.15) is 50.5 Å². The number of rotatable bonds is 6. The molecule has 1 N–H and O–H groups in total. The van der Waals surface area contributed by atoms with Crippen LogP contribution in [-0.2, 0) is 17.6 Å². The molecule has 2 aromatic heterocycles. The van der Waals surface area contributed by atoms with Gasteiger partial charge in [-0.2, -0.15) is 0 Å². The second-order valence-corrected chi connectivity index (χ2v) is 11.7. The third kappa shape index (κ3) is 5.03. The van der Waals surface area contributed by atoms with Crippen molar-refractivity contribution in [1.82, 2.24) is 20.2 Å².